The lowest BCUT2D eigenvalue weighted by Gasteiger charge is -2.35. The van der Waals surface area contributed by atoms with E-state index in [1.54, 1.807) is 11.1 Å². The maximum atomic E-state index is 12.3. The SMILES string of the molecule is Cc1ccc2c(c1)nc(-c1ccccn1)n2-c1ccc(OCCCN2CCN(C(=O)OC(C)(C)C)CC2)cc1. The number of carbonyl (C=O) groups is 1. The molecule has 0 radical (unpaired) electrons. The number of imidazole rings is 1. The Kier molecular flexibility index (Phi) is 7.84. The highest BCUT2D eigenvalue weighted by Gasteiger charge is 2.25. The van der Waals surface area contributed by atoms with Crippen molar-refractivity contribution in [2.24, 2.45) is 0 Å². The maximum absolute atomic E-state index is 12.3. The summed E-state index contributed by atoms with van der Waals surface area (Å²) in [5, 5.41) is 0. The molecule has 1 amide bonds. The summed E-state index contributed by atoms with van der Waals surface area (Å²) < 4.78 is 13.7. The van der Waals surface area contributed by atoms with E-state index >= 15 is 0 Å². The van der Waals surface area contributed by atoms with Crippen LogP contribution in [0.3, 0.4) is 0 Å². The second-order valence-corrected chi connectivity index (χ2v) is 11.0. The van der Waals surface area contributed by atoms with E-state index in [0.717, 1.165) is 60.0 Å². The zero-order valence-electron chi connectivity index (χ0n) is 23.3. The van der Waals surface area contributed by atoms with Gasteiger partial charge in [-0.15, -0.1) is 0 Å². The molecule has 1 saturated heterocycles. The van der Waals surface area contributed by atoms with Gasteiger partial charge in [0.05, 0.1) is 17.6 Å². The fraction of sp³-hybridized carbons (Fsp3) is 0.387. The van der Waals surface area contributed by atoms with E-state index in [4.69, 9.17) is 14.5 Å². The van der Waals surface area contributed by atoms with Gasteiger partial charge >= 0.3 is 6.09 Å². The van der Waals surface area contributed by atoms with Crippen LogP contribution in [0.25, 0.3) is 28.2 Å². The van der Waals surface area contributed by atoms with Crippen LogP contribution < -0.4 is 4.74 Å². The molecule has 1 aliphatic heterocycles. The van der Waals surface area contributed by atoms with Crippen LogP contribution in [-0.4, -0.2) is 75.4 Å². The number of benzene rings is 2. The molecule has 0 saturated carbocycles. The number of carbonyl (C=O) groups excluding carboxylic acids is 1. The molecular formula is C31H37N5O3. The van der Waals surface area contributed by atoms with Crippen LogP contribution in [0.5, 0.6) is 5.75 Å². The standard InChI is InChI=1S/C31H37N5O3/c1-23-9-14-28-27(22-23)33-29(26-8-5-6-15-32-26)36(28)24-10-12-25(13-11-24)38-21-7-16-34-17-19-35(20-18-34)30(37)39-31(2,3)4/h5-6,8-15,22H,7,16-21H2,1-4H3. The van der Waals surface area contributed by atoms with Crippen LogP contribution in [0.4, 0.5) is 4.79 Å². The Bertz CT molecular complexity index is 1400. The number of rotatable bonds is 7. The van der Waals surface area contributed by atoms with Gasteiger partial charge in [-0.2, -0.15) is 0 Å². The van der Waals surface area contributed by atoms with Gasteiger partial charge in [-0.1, -0.05) is 12.1 Å². The van der Waals surface area contributed by atoms with Gasteiger partial charge < -0.3 is 14.4 Å². The van der Waals surface area contributed by atoms with Crippen LogP contribution >= 0.6 is 0 Å². The van der Waals surface area contributed by atoms with Gasteiger partial charge in [-0.25, -0.2) is 9.78 Å². The first kappa shape index (κ1) is 26.7. The minimum absolute atomic E-state index is 0.222. The lowest BCUT2D eigenvalue weighted by molar-refractivity contribution is 0.0142. The summed E-state index contributed by atoms with van der Waals surface area (Å²) in [6.07, 6.45) is 2.49. The van der Waals surface area contributed by atoms with E-state index < -0.39 is 5.60 Å². The van der Waals surface area contributed by atoms with Crippen molar-refractivity contribution in [2.75, 3.05) is 39.3 Å². The van der Waals surface area contributed by atoms with E-state index in [2.05, 4.69) is 51.7 Å². The van der Waals surface area contributed by atoms with Gasteiger partial charge in [0.1, 0.15) is 17.0 Å². The number of piperazine rings is 1. The van der Waals surface area contributed by atoms with Crippen molar-refractivity contribution in [3.8, 4) is 23.0 Å². The van der Waals surface area contributed by atoms with E-state index in [9.17, 15) is 4.79 Å². The minimum Gasteiger partial charge on any atom is -0.494 e. The molecule has 0 N–H and O–H groups in total. The fourth-order valence-corrected chi connectivity index (χ4v) is 4.77. The van der Waals surface area contributed by atoms with Crippen LogP contribution in [0, 0.1) is 6.92 Å². The third-order valence-electron chi connectivity index (χ3n) is 6.71. The Morgan fingerprint density at radius 3 is 2.44 bits per heavy atom. The van der Waals surface area contributed by atoms with Crippen molar-refractivity contribution in [2.45, 2.75) is 39.7 Å². The van der Waals surface area contributed by atoms with Gasteiger partial charge in [-0.05, 0) is 88.2 Å². The Labute approximate surface area is 230 Å². The Morgan fingerprint density at radius 1 is 0.974 bits per heavy atom. The Morgan fingerprint density at radius 2 is 1.74 bits per heavy atom. The zero-order chi connectivity index (χ0) is 27.4. The Balaban J connectivity index is 1.17. The molecule has 0 spiro atoms. The number of aryl methyl sites for hydroxylation is 1. The predicted octanol–water partition coefficient (Wildman–Crippen LogP) is 5.72. The van der Waals surface area contributed by atoms with Crippen molar-refractivity contribution in [1.82, 2.24) is 24.3 Å². The second-order valence-electron chi connectivity index (χ2n) is 11.0. The summed E-state index contributed by atoms with van der Waals surface area (Å²) in [5.41, 5.74) is 4.55. The van der Waals surface area contributed by atoms with Gasteiger partial charge in [0.25, 0.3) is 0 Å². The molecule has 204 valence electrons. The predicted molar refractivity (Wildman–Crippen MR) is 153 cm³/mol. The average molecular weight is 528 g/mol. The first-order chi connectivity index (χ1) is 18.8. The zero-order valence-corrected chi connectivity index (χ0v) is 23.3. The molecule has 1 aliphatic rings. The molecule has 0 bridgehead atoms. The number of hydrogen-bond acceptors (Lipinski definition) is 6. The van der Waals surface area contributed by atoms with Crippen LogP contribution in [0.15, 0.2) is 66.9 Å². The van der Waals surface area contributed by atoms with Crippen LogP contribution in [-0.2, 0) is 4.74 Å². The van der Waals surface area contributed by atoms with Crippen molar-refractivity contribution in [3.63, 3.8) is 0 Å². The molecule has 1 fully saturated rings. The number of amides is 1. The molecule has 2 aromatic heterocycles. The number of fused-ring (bicyclic) bond motifs is 1. The van der Waals surface area contributed by atoms with Gasteiger partial charge in [-0.3, -0.25) is 14.5 Å². The molecule has 4 aromatic rings. The molecule has 5 rings (SSSR count). The smallest absolute Gasteiger partial charge is 0.410 e. The number of hydrogen-bond donors (Lipinski definition) is 0. The first-order valence-electron chi connectivity index (χ1n) is 13.6. The third kappa shape index (κ3) is 6.57. The molecule has 2 aromatic carbocycles. The normalized spacial score (nSPS) is 14.5. The van der Waals surface area contributed by atoms with Crippen LogP contribution in [0.2, 0.25) is 0 Å². The van der Waals surface area contributed by atoms with Gasteiger partial charge in [0.2, 0.25) is 0 Å². The molecule has 0 atom stereocenters. The average Bonchev–Trinajstić information content (AvgIpc) is 3.30. The first-order valence-corrected chi connectivity index (χ1v) is 13.6. The largest absolute Gasteiger partial charge is 0.494 e. The quantitative estimate of drug-likeness (QED) is 0.286. The van der Waals surface area contributed by atoms with E-state index in [1.165, 1.54) is 5.56 Å². The summed E-state index contributed by atoms with van der Waals surface area (Å²) in [5.74, 6) is 1.66. The summed E-state index contributed by atoms with van der Waals surface area (Å²) in [4.78, 5) is 25.9. The van der Waals surface area contributed by atoms with E-state index in [0.29, 0.717) is 19.7 Å². The topological polar surface area (TPSA) is 72.7 Å². The van der Waals surface area contributed by atoms with Crippen LogP contribution in [0.1, 0.15) is 32.8 Å². The van der Waals surface area contributed by atoms with Gasteiger partial charge in [0, 0.05) is 44.6 Å². The Hall–Kier alpha value is -3.91. The third-order valence-corrected chi connectivity index (χ3v) is 6.71. The van der Waals surface area contributed by atoms with Crippen molar-refractivity contribution < 1.29 is 14.3 Å². The monoisotopic (exact) mass is 527 g/mol. The summed E-state index contributed by atoms with van der Waals surface area (Å²) in [6, 6.07) is 20.4. The minimum atomic E-state index is -0.461. The second kappa shape index (κ2) is 11.5. The summed E-state index contributed by atoms with van der Waals surface area (Å²) in [6.45, 7) is 12.4. The van der Waals surface area contributed by atoms with Crippen molar-refractivity contribution in [1.29, 1.82) is 0 Å². The lowest BCUT2D eigenvalue weighted by Crippen LogP contribution is -2.50. The lowest BCUT2D eigenvalue weighted by atomic mass is 10.2. The molecule has 0 unspecified atom stereocenters. The van der Waals surface area contributed by atoms with Crippen molar-refractivity contribution in [3.05, 3.63) is 72.4 Å². The van der Waals surface area contributed by atoms with Crippen molar-refractivity contribution >= 4 is 17.1 Å². The fourth-order valence-electron chi connectivity index (χ4n) is 4.77. The van der Waals surface area contributed by atoms with E-state index in [-0.39, 0.29) is 6.09 Å². The maximum Gasteiger partial charge on any atom is 0.410 e. The molecule has 0 aliphatic carbocycles. The summed E-state index contributed by atoms with van der Waals surface area (Å²) >= 11 is 0. The van der Waals surface area contributed by atoms with Gasteiger partial charge in [0.15, 0.2) is 5.82 Å². The summed E-state index contributed by atoms with van der Waals surface area (Å²) in [7, 11) is 0. The number of aromatic nitrogens is 3. The number of pyridine rings is 1. The molecule has 8 heteroatoms. The highest BCUT2D eigenvalue weighted by molar-refractivity contribution is 5.83. The number of nitrogens with zero attached hydrogens (tertiary/aromatic N) is 5. The molecule has 8 nitrogen and oxygen atoms in total. The molecular weight excluding hydrogens is 490 g/mol. The number of ether oxygens (including phenoxy) is 2. The molecule has 3 heterocycles. The highest BCUT2D eigenvalue weighted by atomic mass is 16.6. The van der Waals surface area contributed by atoms with E-state index in [1.807, 2.05) is 51.1 Å². The highest BCUT2D eigenvalue weighted by Crippen LogP contribution is 2.29. The molecule has 39 heavy (non-hydrogen) atoms.